The van der Waals surface area contributed by atoms with Crippen LogP contribution in [0.1, 0.15) is 29.8 Å². The quantitative estimate of drug-likeness (QED) is 0.846. The molecule has 5 nitrogen and oxygen atoms in total. The fraction of sp³-hybridized carbons (Fsp3) is 0.333. The molecule has 0 saturated heterocycles. The van der Waals surface area contributed by atoms with Gasteiger partial charge in [0.25, 0.3) is 11.8 Å². The molecule has 0 aromatic heterocycles. The highest BCUT2D eigenvalue weighted by Gasteiger charge is 2.36. The summed E-state index contributed by atoms with van der Waals surface area (Å²) in [6.07, 6.45) is 0. The monoisotopic (exact) mass is 273 g/mol. The number of nitrogens with one attached hydrogen (secondary N) is 1. The van der Waals surface area contributed by atoms with Gasteiger partial charge in [0.15, 0.2) is 0 Å². The van der Waals surface area contributed by atoms with Gasteiger partial charge in [-0.3, -0.25) is 19.9 Å². The Morgan fingerprint density at radius 2 is 2.00 bits per heavy atom. The van der Waals surface area contributed by atoms with Crippen LogP contribution in [0.25, 0.3) is 5.70 Å². The molecule has 1 aromatic carbocycles. The van der Waals surface area contributed by atoms with E-state index in [-0.39, 0.29) is 11.8 Å². The molecule has 0 unspecified atom stereocenters. The first-order valence-corrected chi connectivity index (χ1v) is 6.60. The Morgan fingerprint density at radius 1 is 1.40 bits per heavy atom. The topological polar surface area (TPSA) is 52.7 Å². The molecule has 20 heavy (non-hydrogen) atoms. The Kier molecular flexibility index (Phi) is 3.90. The zero-order valence-corrected chi connectivity index (χ0v) is 12.0. The molecule has 5 heteroatoms. The van der Waals surface area contributed by atoms with E-state index >= 15 is 0 Å². The van der Waals surface area contributed by atoms with Gasteiger partial charge in [0.2, 0.25) is 0 Å². The van der Waals surface area contributed by atoms with Crippen LogP contribution in [0, 0.1) is 0 Å². The number of rotatable bonds is 4. The lowest BCUT2D eigenvalue weighted by Gasteiger charge is -2.26. The van der Waals surface area contributed by atoms with Crippen LogP contribution in [-0.4, -0.2) is 41.4 Å². The number of hydrogen-bond acceptors (Lipinski definition) is 3. The van der Waals surface area contributed by atoms with Crippen molar-refractivity contribution in [3.05, 3.63) is 42.0 Å². The van der Waals surface area contributed by atoms with Crippen molar-refractivity contribution in [2.45, 2.75) is 19.9 Å². The first-order valence-electron chi connectivity index (χ1n) is 6.60. The number of benzene rings is 1. The Balaban J connectivity index is 2.21. The minimum Gasteiger partial charge on any atom is -0.296 e. The highest BCUT2D eigenvalue weighted by atomic mass is 16.2. The summed E-state index contributed by atoms with van der Waals surface area (Å²) in [5.41, 5.74) is 4.70. The number of amides is 2. The van der Waals surface area contributed by atoms with E-state index in [1.807, 2.05) is 25.1 Å². The van der Waals surface area contributed by atoms with Crippen molar-refractivity contribution < 1.29 is 9.59 Å². The highest BCUT2D eigenvalue weighted by Crippen LogP contribution is 2.32. The SMILES string of the molecule is C=C1c2ccccc2C(=O)N1[C@H](C)C(=O)NN(C)CC. The van der Waals surface area contributed by atoms with E-state index in [2.05, 4.69) is 12.0 Å². The van der Waals surface area contributed by atoms with Crippen molar-refractivity contribution in [2.24, 2.45) is 0 Å². The summed E-state index contributed by atoms with van der Waals surface area (Å²) in [5, 5.41) is 1.68. The first kappa shape index (κ1) is 14.3. The van der Waals surface area contributed by atoms with Gasteiger partial charge in [-0.1, -0.05) is 31.7 Å². The summed E-state index contributed by atoms with van der Waals surface area (Å²) in [7, 11) is 1.78. The maximum atomic E-state index is 12.4. The Labute approximate surface area is 118 Å². The maximum Gasteiger partial charge on any atom is 0.259 e. The highest BCUT2D eigenvalue weighted by molar-refractivity contribution is 6.10. The third-order valence-electron chi connectivity index (χ3n) is 3.52. The lowest BCUT2D eigenvalue weighted by Crippen LogP contribution is -2.49. The summed E-state index contributed by atoms with van der Waals surface area (Å²) in [5.74, 6) is -0.399. The molecule has 0 spiro atoms. The first-order chi connectivity index (χ1) is 9.47. The number of hydrogen-bond donors (Lipinski definition) is 1. The van der Waals surface area contributed by atoms with Gasteiger partial charge >= 0.3 is 0 Å². The van der Waals surface area contributed by atoms with E-state index in [9.17, 15) is 9.59 Å². The zero-order valence-electron chi connectivity index (χ0n) is 12.0. The smallest absolute Gasteiger partial charge is 0.259 e. The normalized spacial score (nSPS) is 15.5. The van der Waals surface area contributed by atoms with Crippen LogP contribution in [-0.2, 0) is 4.79 Å². The van der Waals surface area contributed by atoms with Gasteiger partial charge in [-0.05, 0) is 13.0 Å². The molecule has 2 rings (SSSR count). The Morgan fingerprint density at radius 3 is 2.55 bits per heavy atom. The van der Waals surface area contributed by atoms with E-state index in [4.69, 9.17) is 0 Å². The number of carbonyl (C=O) groups is 2. The van der Waals surface area contributed by atoms with Crippen molar-refractivity contribution in [2.75, 3.05) is 13.6 Å². The van der Waals surface area contributed by atoms with Gasteiger partial charge in [-0.2, -0.15) is 0 Å². The molecule has 106 valence electrons. The molecular formula is C15H19N3O2. The number of fused-ring (bicyclic) bond motifs is 1. The molecule has 0 radical (unpaired) electrons. The minimum atomic E-state index is -0.601. The molecule has 0 aliphatic carbocycles. The van der Waals surface area contributed by atoms with Crippen LogP contribution in [0.2, 0.25) is 0 Å². The largest absolute Gasteiger partial charge is 0.296 e. The predicted molar refractivity (Wildman–Crippen MR) is 77.6 cm³/mol. The van der Waals surface area contributed by atoms with E-state index in [1.54, 1.807) is 25.0 Å². The van der Waals surface area contributed by atoms with Gasteiger partial charge in [0, 0.05) is 30.4 Å². The molecule has 1 aliphatic heterocycles. The summed E-state index contributed by atoms with van der Waals surface area (Å²) >= 11 is 0. The van der Waals surface area contributed by atoms with E-state index < -0.39 is 6.04 Å². The van der Waals surface area contributed by atoms with Crippen molar-refractivity contribution in [3.63, 3.8) is 0 Å². The van der Waals surface area contributed by atoms with Gasteiger partial charge < -0.3 is 0 Å². The second kappa shape index (κ2) is 5.46. The molecule has 0 fully saturated rings. The molecule has 1 aliphatic rings. The molecule has 0 bridgehead atoms. The third kappa shape index (κ3) is 2.32. The maximum absolute atomic E-state index is 12.4. The minimum absolute atomic E-state index is 0.174. The average Bonchev–Trinajstić information content (AvgIpc) is 2.70. The van der Waals surface area contributed by atoms with Crippen LogP contribution in [0.4, 0.5) is 0 Å². The summed E-state index contributed by atoms with van der Waals surface area (Å²) < 4.78 is 0. The van der Waals surface area contributed by atoms with Gasteiger partial charge in [0.1, 0.15) is 6.04 Å². The second-order valence-electron chi connectivity index (χ2n) is 4.83. The summed E-state index contributed by atoms with van der Waals surface area (Å²) in [4.78, 5) is 26.0. The van der Waals surface area contributed by atoms with Crippen LogP contribution in [0.3, 0.4) is 0 Å². The molecule has 1 atom stereocenters. The van der Waals surface area contributed by atoms with Crippen molar-refractivity contribution >= 4 is 17.5 Å². The van der Waals surface area contributed by atoms with Crippen LogP contribution in [0.15, 0.2) is 30.8 Å². The van der Waals surface area contributed by atoms with Crippen LogP contribution < -0.4 is 5.43 Å². The lowest BCUT2D eigenvalue weighted by atomic mass is 10.1. The summed E-state index contributed by atoms with van der Waals surface area (Å²) in [6.45, 7) is 8.26. The zero-order chi connectivity index (χ0) is 14.9. The third-order valence-corrected chi connectivity index (χ3v) is 3.52. The van der Waals surface area contributed by atoms with E-state index in [0.717, 1.165) is 5.56 Å². The fourth-order valence-electron chi connectivity index (χ4n) is 2.19. The van der Waals surface area contributed by atoms with Gasteiger partial charge in [-0.15, -0.1) is 0 Å². The van der Waals surface area contributed by atoms with Gasteiger partial charge in [0.05, 0.1) is 0 Å². The van der Waals surface area contributed by atoms with Gasteiger partial charge in [-0.25, -0.2) is 5.01 Å². The number of nitrogens with zero attached hydrogens (tertiary/aromatic N) is 2. The molecule has 0 saturated carbocycles. The van der Waals surface area contributed by atoms with E-state index in [1.165, 1.54) is 4.90 Å². The second-order valence-corrected chi connectivity index (χ2v) is 4.83. The van der Waals surface area contributed by atoms with Crippen molar-refractivity contribution in [3.8, 4) is 0 Å². The number of hydrazine groups is 1. The number of carbonyl (C=O) groups excluding carboxylic acids is 2. The van der Waals surface area contributed by atoms with Crippen molar-refractivity contribution in [1.29, 1.82) is 0 Å². The molecular weight excluding hydrogens is 254 g/mol. The van der Waals surface area contributed by atoms with Crippen LogP contribution in [0.5, 0.6) is 0 Å². The fourth-order valence-corrected chi connectivity index (χ4v) is 2.19. The molecule has 1 heterocycles. The standard InChI is InChI=1S/C15H19N3O2/c1-5-17(4)16-14(19)11(3)18-10(2)12-8-6-7-9-13(12)15(18)20/h6-9,11H,2,5H2,1,3-4H3,(H,16,19)/t11-/m1/s1. The average molecular weight is 273 g/mol. The summed E-state index contributed by atoms with van der Waals surface area (Å²) in [6, 6.07) is 6.67. The predicted octanol–water partition coefficient (Wildman–Crippen LogP) is 1.48. The lowest BCUT2D eigenvalue weighted by molar-refractivity contribution is -0.128. The molecule has 2 amide bonds. The molecule has 1 aromatic rings. The van der Waals surface area contributed by atoms with Crippen LogP contribution >= 0.6 is 0 Å². The Bertz CT molecular complexity index is 533. The van der Waals surface area contributed by atoms with E-state index in [0.29, 0.717) is 17.8 Å². The Hall–Kier alpha value is -2.14. The van der Waals surface area contributed by atoms with Crippen molar-refractivity contribution in [1.82, 2.24) is 15.3 Å². The molecule has 1 N–H and O–H groups in total.